The van der Waals surface area contributed by atoms with E-state index in [0.29, 0.717) is 6.54 Å². The topological polar surface area (TPSA) is 36.4 Å². The lowest BCUT2D eigenvalue weighted by molar-refractivity contribution is -0.136. The van der Waals surface area contributed by atoms with Crippen molar-refractivity contribution in [3.05, 3.63) is 66.0 Å². The minimum Gasteiger partial charge on any atom is -0.341 e. The van der Waals surface area contributed by atoms with Gasteiger partial charge in [0.1, 0.15) is 6.04 Å². The van der Waals surface area contributed by atoms with Crippen LogP contribution >= 0.6 is 0 Å². The van der Waals surface area contributed by atoms with Crippen LogP contribution in [-0.2, 0) is 11.2 Å². The van der Waals surface area contributed by atoms with Crippen molar-refractivity contribution in [2.75, 3.05) is 27.2 Å². The van der Waals surface area contributed by atoms with Crippen LogP contribution in [-0.4, -0.2) is 47.9 Å². The number of rotatable bonds is 7. The summed E-state index contributed by atoms with van der Waals surface area (Å²) in [6.07, 6.45) is 4.43. The van der Waals surface area contributed by atoms with Crippen LogP contribution in [0, 0.1) is 0 Å². The highest BCUT2D eigenvalue weighted by molar-refractivity contribution is 5.83. The lowest BCUT2D eigenvalue weighted by Gasteiger charge is -2.30. The predicted octanol–water partition coefficient (Wildman–Crippen LogP) is 2.78. The first-order valence-electron chi connectivity index (χ1n) is 8.02. The quantitative estimate of drug-likeness (QED) is 0.789. The van der Waals surface area contributed by atoms with Gasteiger partial charge in [-0.15, -0.1) is 0 Å². The van der Waals surface area contributed by atoms with Crippen molar-refractivity contribution in [3.8, 4) is 0 Å². The zero-order valence-corrected chi connectivity index (χ0v) is 14.1. The van der Waals surface area contributed by atoms with Crippen molar-refractivity contribution in [2.24, 2.45) is 0 Å². The summed E-state index contributed by atoms with van der Waals surface area (Å²) in [6, 6.07) is 13.7. The molecule has 0 aliphatic heterocycles. The van der Waals surface area contributed by atoms with E-state index in [2.05, 4.69) is 4.98 Å². The molecular formula is C19H25N3O. The number of carbonyl (C=O) groups excluding carboxylic acids is 1. The molecule has 4 heteroatoms. The third kappa shape index (κ3) is 4.63. The van der Waals surface area contributed by atoms with Crippen LogP contribution in [0.2, 0.25) is 0 Å². The molecule has 1 aromatic carbocycles. The number of aromatic nitrogens is 1. The molecule has 23 heavy (non-hydrogen) atoms. The highest BCUT2D eigenvalue weighted by atomic mass is 16.2. The van der Waals surface area contributed by atoms with E-state index in [9.17, 15) is 4.79 Å². The van der Waals surface area contributed by atoms with Gasteiger partial charge in [0.05, 0.1) is 0 Å². The summed E-state index contributed by atoms with van der Waals surface area (Å²) in [5, 5.41) is 0. The average Bonchev–Trinajstić information content (AvgIpc) is 2.57. The molecule has 2 rings (SSSR count). The second-order valence-electron chi connectivity index (χ2n) is 5.80. The number of nitrogens with zero attached hydrogens (tertiary/aromatic N) is 3. The van der Waals surface area contributed by atoms with Gasteiger partial charge in [-0.25, -0.2) is 0 Å². The van der Waals surface area contributed by atoms with Gasteiger partial charge < -0.3 is 4.90 Å². The molecule has 0 fully saturated rings. The summed E-state index contributed by atoms with van der Waals surface area (Å²) in [6.45, 7) is 3.46. The lowest BCUT2D eigenvalue weighted by atomic mass is 10.0. The van der Waals surface area contributed by atoms with Crippen molar-refractivity contribution < 1.29 is 4.79 Å². The first kappa shape index (κ1) is 17.2. The molecule has 0 bridgehead atoms. The van der Waals surface area contributed by atoms with E-state index in [1.165, 1.54) is 5.56 Å². The Balaban J connectivity index is 2.10. The summed E-state index contributed by atoms with van der Waals surface area (Å²) < 4.78 is 0. The van der Waals surface area contributed by atoms with Crippen LogP contribution in [0.5, 0.6) is 0 Å². The predicted molar refractivity (Wildman–Crippen MR) is 93.1 cm³/mol. The molecule has 1 aromatic heterocycles. The molecule has 1 unspecified atom stereocenters. The average molecular weight is 311 g/mol. The van der Waals surface area contributed by atoms with Crippen molar-refractivity contribution in [1.29, 1.82) is 0 Å². The zero-order valence-electron chi connectivity index (χ0n) is 14.1. The largest absolute Gasteiger partial charge is 0.341 e. The van der Waals surface area contributed by atoms with E-state index in [-0.39, 0.29) is 11.9 Å². The van der Waals surface area contributed by atoms with Crippen LogP contribution in [0.15, 0.2) is 54.9 Å². The molecule has 1 atom stereocenters. The highest BCUT2D eigenvalue weighted by Crippen LogP contribution is 2.21. The van der Waals surface area contributed by atoms with Crippen LogP contribution in [0.25, 0.3) is 0 Å². The van der Waals surface area contributed by atoms with Gasteiger partial charge in [0.25, 0.3) is 0 Å². The van der Waals surface area contributed by atoms with Gasteiger partial charge in [-0.1, -0.05) is 30.3 Å². The maximum absolute atomic E-state index is 13.0. The molecule has 0 radical (unpaired) electrons. The Kier molecular flexibility index (Phi) is 6.29. The Morgan fingerprint density at radius 1 is 1.09 bits per heavy atom. The second-order valence-corrected chi connectivity index (χ2v) is 5.80. The Bertz CT molecular complexity index is 599. The number of likely N-dealkylation sites (N-methyl/N-ethyl adjacent to an activating group) is 2. The van der Waals surface area contributed by atoms with Crippen molar-refractivity contribution in [1.82, 2.24) is 14.8 Å². The van der Waals surface area contributed by atoms with E-state index in [1.807, 2.05) is 73.3 Å². The van der Waals surface area contributed by atoms with Crippen LogP contribution in [0.3, 0.4) is 0 Å². The van der Waals surface area contributed by atoms with Gasteiger partial charge in [-0.3, -0.25) is 14.7 Å². The SMILES string of the molecule is CCN(CCc1ccncc1)C(=O)C(c1ccccc1)N(C)C. The number of carbonyl (C=O) groups is 1. The number of hydrogen-bond donors (Lipinski definition) is 0. The van der Waals surface area contributed by atoms with Gasteiger partial charge in [-0.2, -0.15) is 0 Å². The monoisotopic (exact) mass is 311 g/mol. The van der Waals surface area contributed by atoms with Crippen LogP contribution in [0.4, 0.5) is 0 Å². The van der Waals surface area contributed by atoms with E-state index < -0.39 is 0 Å². The minimum absolute atomic E-state index is 0.151. The minimum atomic E-state index is -0.242. The fraction of sp³-hybridized carbons (Fsp3) is 0.368. The van der Waals surface area contributed by atoms with Crippen molar-refractivity contribution in [2.45, 2.75) is 19.4 Å². The standard InChI is InChI=1S/C19H25N3O/c1-4-22(15-12-16-10-13-20-14-11-16)19(23)18(21(2)3)17-8-6-5-7-9-17/h5-11,13-14,18H,4,12,15H2,1-3H3. The summed E-state index contributed by atoms with van der Waals surface area (Å²) in [5.74, 6) is 0.151. The third-order valence-electron chi connectivity index (χ3n) is 3.98. The molecule has 0 saturated carbocycles. The molecule has 0 saturated heterocycles. The van der Waals surface area contributed by atoms with Gasteiger partial charge in [-0.05, 0) is 50.7 Å². The molecule has 0 spiro atoms. The van der Waals surface area contributed by atoms with Gasteiger partial charge in [0.2, 0.25) is 5.91 Å². The molecule has 0 N–H and O–H groups in total. The van der Waals surface area contributed by atoms with Crippen molar-refractivity contribution >= 4 is 5.91 Å². The Morgan fingerprint density at radius 2 is 1.74 bits per heavy atom. The van der Waals surface area contributed by atoms with Gasteiger partial charge >= 0.3 is 0 Å². The highest BCUT2D eigenvalue weighted by Gasteiger charge is 2.26. The van der Waals surface area contributed by atoms with Gasteiger partial charge in [0, 0.05) is 25.5 Å². The van der Waals surface area contributed by atoms with Crippen LogP contribution in [0.1, 0.15) is 24.1 Å². The van der Waals surface area contributed by atoms with E-state index in [1.54, 1.807) is 12.4 Å². The Labute approximate surface area is 138 Å². The van der Waals surface area contributed by atoms with Crippen molar-refractivity contribution in [3.63, 3.8) is 0 Å². The maximum Gasteiger partial charge on any atom is 0.244 e. The number of amides is 1. The first-order chi connectivity index (χ1) is 11.1. The summed E-state index contributed by atoms with van der Waals surface area (Å²) >= 11 is 0. The van der Waals surface area contributed by atoms with Crippen LogP contribution < -0.4 is 0 Å². The first-order valence-corrected chi connectivity index (χ1v) is 8.02. The van der Waals surface area contributed by atoms with Gasteiger partial charge in [0.15, 0.2) is 0 Å². The molecule has 1 heterocycles. The van der Waals surface area contributed by atoms with E-state index in [0.717, 1.165) is 18.5 Å². The lowest BCUT2D eigenvalue weighted by Crippen LogP contribution is -2.41. The van der Waals surface area contributed by atoms with E-state index >= 15 is 0 Å². The number of benzene rings is 1. The molecule has 0 aliphatic carbocycles. The fourth-order valence-corrected chi connectivity index (χ4v) is 2.71. The third-order valence-corrected chi connectivity index (χ3v) is 3.98. The summed E-state index contributed by atoms with van der Waals surface area (Å²) in [7, 11) is 3.90. The fourth-order valence-electron chi connectivity index (χ4n) is 2.71. The molecular weight excluding hydrogens is 286 g/mol. The van der Waals surface area contributed by atoms with E-state index in [4.69, 9.17) is 0 Å². The summed E-state index contributed by atoms with van der Waals surface area (Å²) in [5.41, 5.74) is 2.23. The number of pyridine rings is 1. The Hall–Kier alpha value is -2.20. The molecule has 0 aliphatic rings. The molecule has 1 amide bonds. The molecule has 2 aromatic rings. The zero-order chi connectivity index (χ0) is 16.7. The summed E-state index contributed by atoms with van der Waals surface area (Å²) in [4.78, 5) is 20.9. The number of hydrogen-bond acceptors (Lipinski definition) is 3. The Morgan fingerprint density at radius 3 is 2.30 bits per heavy atom. The molecule has 122 valence electrons. The normalized spacial score (nSPS) is 12.2. The maximum atomic E-state index is 13.0. The molecule has 4 nitrogen and oxygen atoms in total. The smallest absolute Gasteiger partial charge is 0.244 e. The second kappa shape index (κ2) is 8.44.